The molecular weight excluding hydrogens is 290 g/mol. The maximum Gasteiger partial charge on any atom is 0.330 e. The van der Waals surface area contributed by atoms with Gasteiger partial charge in [-0.1, -0.05) is 0 Å². The van der Waals surface area contributed by atoms with Crippen LogP contribution in [0.3, 0.4) is 0 Å². The fourth-order valence-corrected chi connectivity index (χ4v) is 1.71. The molecule has 1 aromatic carbocycles. The zero-order valence-electron chi connectivity index (χ0n) is 13.1. The molecule has 0 amide bonds. The number of carbonyl (C=O) groups is 1. The number of nitrogens with zero attached hydrogens (tertiary/aromatic N) is 1. The molecule has 0 radical (unpaired) electrons. The van der Waals surface area contributed by atoms with Crippen molar-refractivity contribution in [3.63, 3.8) is 0 Å². The SMILES string of the molecule is CCOC(=O)/C=C/c1cc(OC)c(OC(C)C)c(N(O)O)c1. The summed E-state index contributed by atoms with van der Waals surface area (Å²) in [5, 5.41) is 18.7. The van der Waals surface area contributed by atoms with Crippen LogP contribution in [0.25, 0.3) is 6.08 Å². The zero-order chi connectivity index (χ0) is 16.7. The molecular formula is C15H21NO6. The van der Waals surface area contributed by atoms with Crippen molar-refractivity contribution >= 4 is 17.7 Å². The van der Waals surface area contributed by atoms with Gasteiger partial charge in [0.05, 0.1) is 19.8 Å². The summed E-state index contributed by atoms with van der Waals surface area (Å²) in [5.74, 6) is 0.00831. The Labute approximate surface area is 129 Å². The fraction of sp³-hybridized carbons (Fsp3) is 0.400. The van der Waals surface area contributed by atoms with Gasteiger partial charge in [-0.2, -0.15) is 0 Å². The molecule has 0 aliphatic carbocycles. The number of anilines is 1. The lowest BCUT2D eigenvalue weighted by molar-refractivity contribution is -0.137. The minimum absolute atomic E-state index is 0.00319. The number of esters is 1. The highest BCUT2D eigenvalue weighted by Crippen LogP contribution is 2.39. The van der Waals surface area contributed by atoms with Gasteiger partial charge in [0.1, 0.15) is 5.69 Å². The average Bonchev–Trinajstić information content (AvgIpc) is 2.45. The topological polar surface area (TPSA) is 88.5 Å². The Morgan fingerprint density at radius 2 is 2.05 bits per heavy atom. The minimum atomic E-state index is -0.490. The Morgan fingerprint density at radius 3 is 2.55 bits per heavy atom. The average molecular weight is 311 g/mol. The number of hydrogen-bond donors (Lipinski definition) is 2. The van der Waals surface area contributed by atoms with Crippen LogP contribution in [0.5, 0.6) is 11.5 Å². The van der Waals surface area contributed by atoms with Gasteiger partial charge >= 0.3 is 5.97 Å². The van der Waals surface area contributed by atoms with Gasteiger partial charge in [0.2, 0.25) is 0 Å². The van der Waals surface area contributed by atoms with E-state index in [0.717, 1.165) is 0 Å². The summed E-state index contributed by atoms with van der Waals surface area (Å²) >= 11 is 0. The molecule has 2 N–H and O–H groups in total. The van der Waals surface area contributed by atoms with Gasteiger partial charge in [0.25, 0.3) is 0 Å². The smallest absolute Gasteiger partial charge is 0.330 e. The lowest BCUT2D eigenvalue weighted by Gasteiger charge is -2.20. The first-order valence-electron chi connectivity index (χ1n) is 6.80. The first-order valence-corrected chi connectivity index (χ1v) is 6.80. The Morgan fingerprint density at radius 1 is 1.36 bits per heavy atom. The standard InChI is InChI=1S/C15H21NO6/c1-5-21-14(17)7-6-11-8-12(16(18)19)15(22-10(2)3)13(9-11)20-4/h6-10,18-19H,5H2,1-4H3/b7-6+. The Balaban J connectivity index is 3.21. The van der Waals surface area contributed by atoms with Crippen LogP contribution in [-0.4, -0.2) is 36.2 Å². The summed E-state index contributed by atoms with van der Waals surface area (Å²) in [6.07, 6.45) is 2.53. The van der Waals surface area contributed by atoms with Crippen molar-refractivity contribution in [2.75, 3.05) is 18.9 Å². The molecule has 1 aromatic rings. The van der Waals surface area contributed by atoms with E-state index >= 15 is 0 Å². The van der Waals surface area contributed by atoms with Crippen molar-refractivity contribution in [1.82, 2.24) is 0 Å². The molecule has 0 unspecified atom stereocenters. The summed E-state index contributed by atoms with van der Waals surface area (Å²) < 4.78 is 15.5. The van der Waals surface area contributed by atoms with Gasteiger partial charge in [-0.3, -0.25) is 10.4 Å². The number of hydrogen-bond acceptors (Lipinski definition) is 7. The highest BCUT2D eigenvalue weighted by molar-refractivity contribution is 5.87. The third-order valence-electron chi connectivity index (χ3n) is 2.54. The fourth-order valence-electron chi connectivity index (χ4n) is 1.71. The summed E-state index contributed by atoms with van der Waals surface area (Å²) in [5.41, 5.74) is 0.515. The van der Waals surface area contributed by atoms with Crippen LogP contribution < -0.4 is 14.7 Å². The van der Waals surface area contributed by atoms with E-state index in [1.54, 1.807) is 26.8 Å². The van der Waals surface area contributed by atoms with Crippen LogP contribution >= 0.6 is 0 Å². The number of benzene rings is 1. The van der Waals surface area contributed by atoms with E-state index in [1.165, 1.54) is 25.3 Å². The van der Waals surface area contributed by atoms with Crippen molar-refractivity contribution in [3.05, 3.63) is 23.8 Å². The summed E-state index contributed by atoms with van der Waals surface area (Å²) in [7, 11) is 1.43. The summed E-state index contributed by atoms with van der Waals surface area (Å²) in [4.78, 5) is 11.3. The molecule has 0 atom stereocenters. The van der Waals surface area contributed by atoms with Crippen molar-refractivity contribution in [2.45, 2.75) is 26.9 Å². The highest BCUT2D eigenvalue weighted by Gasteiger charge is 2.17. The van der Waals surface area contributed by atoms with E-state index in [4.69, 9.17) is 14.2 Å². The largest absolute Gasteiger partial charge is 0.493 e. The van der Waals surface area contributed by atoms with Crippen molar-refractivity contribution in [1.29, 1.82) is 0 Å². The summed E-state index contributed by atoms with van der Waals surface area (Å²) in [6, 6.07) is 3.05. The first-order chi connectivity index (χ1) is 10.4. The van der Waals surface area contributed by atoms with E-state index in [9.17, 15) is 15.2 Å². The van der Waals surface area contributed by atoms with Crippen molar-refractivity contribution < 1.29 is 29.4 Å². The molecule has 0 saturated carbocycles. The monoisotopic (exact) mass is 311 g/mol. The molecule has 0 aliphatic heterocycles. The molecule has 0 spiro atoms. The minimum Gasteiger partial charge on any atom is -0.493 e. The van der Waals surface area contributed by atoms with Crippen molar-refractivity contribution in [2.24, 2.45) is 0 Å². The van der Waals surface area contributed by atoms with E-state index < -0.39 is 5.97 Å². The van der Waals surface area contributed by atoms with Crippen LogP contribution in [-0.2, 0) is 9.53 Å². The second-order valence-electron chi connectivity index (χ2n) is 4.61. The highest BCUT2D eigenvalue weighted by atomic mass is 16.8. The van der Waals surface area contributed by atoms with Crippen LogP contribution in [0.15, 0.2) is 18.2 Å². The van der Waals surface area contributed by atoms with Gasteiger partial charge in [-0.15, -0.1) is 5.23 Å². The lowest BCUT2D eigenvalue weighted by Crippen LogP contribution is -2.16. The van der Waals surface area contributed by atoms with Crippen LogP contribution in [0, 0.1) is 0 Å². The molecule has 0 saturated heterocycles. The number of methoxy groups -OCH3 is 1. The predicted molar refractivity (Wildman–Crippen MR) is 80.5 cm³/mol. The quantitative estimate of drug-likeness (QED) is 0.454. The molecule has 22 heavy (non-hydrogen) atoms. The van der Waals surface area contributed by atoms with Crippen molar-refractivity contribution in [3.8, 4) is 11.5 Å². The van der Waals surface area contributed by atoms with Gasteiger partial charge in [-0.05, 0) is 44.5 Å². The number of carbonyl (C=O) groups excluding carboxylic acids is 1. The van der Waals surface area contributed by atoms with Gasteiger partial charge in [0, 0.05) is 6.08 Å². The third-order valence-corrected chi connectivity index (χ3v) is 2.54. The van der Waals surface area contributed by atoms with E-state index in [2.05, 4.69) is 0 Å². The lowest BCUT2D eigenvalue weighted by atomic mass is 10.1. The molecule has 122 valence electrons. The number of rotatable bonds is 7. The molecule has 7 nitrogen and oxygen atoms in total. The Bertz CT molecular complexity index is 539. The molecule has 0 heterocycles. The van der Waals surface area contributed by atoms with E-state index in [-0.39, 0.29) is 29.4 Å². The molecule has 0 aliphatic rings. The molecule has 0 bridgehead atoms. The second-order valence-corrected chi connectivity index (χ2v) is 4.61. The first kappa shape index (κ1) is 17.8. The normalized spacial score (nSPS) is 10.9. The van der Waals surface area contributed by atoms with Crippen LogP contribution in [0.4, 0.5) is 5.69 Å². The Hall–Kier alpha value is -2.25. The van der Waals surface area contributed by atoms with Gasteiger partial charge in [0.15, 0.2) is 11.5 Å². The van der Waals surface area contributed by atoms with Crippen LogP contribution in [0.1, 0.15) is 26.3 Å². The molecule has 7 heteroatoms. The van der Waals surface area contributed by atoms with Crippen LogP contribution in [0.2, 0.25) is 0 Å². The maximum atomic E-state index is 11.3. The van der Waals surface area contributed by atoms with Gasteiger partial charge < -0.3 is 14.2 Å². The number of ether oxygens (including phenoxy) is 3. The predicted octanol–water partition coefficient (Wildman–Crippen LogP) is 2.64. The molecule has 1 rings (SSSR count). The molecule has 0 fully saturated rings. The summed E-state index contributed by atoms with van der Waals surface area (Å²) in [6.45, 7) is 5.59. The zero-order valence-corrected chi connectivity index (χ0v) is 13.1. The Kier molecular flexibility index (Phi) is 6.68. The third kappa shape index (κ3) is 4.94. The van der Waals surface area contributed by atoms with E-state index in [0.29, 0.717) is 11.3 Å². The van der Waals surface area contributed by atoms with E-state index in [1.807, 2.05) is 0 Å². The molecule has 0 aromatic heterocycles. The maximum absolute atomic E-state index is 11.3. The van der Waals surface area contributed by atoms with Gasteiger partial charge in [-0.25, -0.2) is 4.79 Å². The second kappa shape index (κ2) is 8.26.